The van der Waals surface area contributed by atoms with Gasteiger partial charge in [-0.3, -0.25) is 9.69 Å². The van der Waals surface area contributed by atoms with Crippen molar-refractivity contribution in [3.05, 3.63) is 35.4 Å². The topological polar surface area (TPSA) is 58.4 Å². The number of rotatable bonds is 3. The number of carbonyl (C=O) groups is 1. The Morgan fingerprint density at radius 2 is 2.17 bits per heavy atom. The number of hydrogen-bond acceptors (Lipinski definition) is 3. The first-order valence-electron chi connectivity index (χ1n) is 5.98. The first kappa shape index (κ1) is 13.0. The van der Waals surface area contributed by atoms with E-state index in [0.717, 1.165) is 24.2 Å². The molecule has 0 bridgehead atoms. The molecule has 1 aromatic carbocycles. The molecule has 1 amide bonds. The average Bonchev–Trinajstić information content (AvgIpc) is 2.36. The highest BCUT2D eigenvalue weighted by Crippen LogP contribution is 2.12. The zero-order chi connectivity index (χ0) is 13.1. The highest BCUT2D eigenvalue weighted by Gasteiger charge is 2.24. The Labute approximate surface area is 112 Å². The number of amides is 1. The van der Waals surface area contributed by atoms with E-state index in [1.54, 1.807) is 0 Å². The Balaban J connectivity index is 2.04. The summed E-state index contributed by atoms with van der Waals surface area (Å²) in [5.74, 6) is 0.0982. The molecular weight excluding hydrogens is 246 g/mol. The van der Waals surface area contributed by atoms with Gasteiger partial charge >= 0.3 is 0 Å². The van der Waals surface area contributed by atoms with Gasteiger partial charge in [0, 0.05) is 25.2 Å². The molecule has 1 unspecified atom stereocenters. The molecule has 3 N–H and O–H groups in total. The molecule has 1 heterocycles. The van der Waals surface area contributed by atoms with E-state index in [9.17, 15) is 4.79 Å². The minimum Gasteiger partial charge on any atom is -0.389 e. The van der Waals surface area contributed by atoms with Gasteiger partial charge in [0.25, 0.3) is 0 Å². The van der Waals surface area contributed by atoms with Crippen LogP contribution in [0.2, 0.25) is 0 Å². The van der Waals surface area contributed by atoms with Gasteiger partial charge in [-0.1, -0.05) is 36.5 Å². The highest BCUT2D eigenvalue weighted by atomic mass is 32.1. The molecule has 0 saturated carbocycles. The van der Waals surface area contributed by atoms with Gasteiger partial charge in [-0.2, -0.15) is 0 Å². The van der Waals surface area contributed by atoms with Crippen LogP contribution < -0.4 is 11.1 Å². The number of nitrogens with zero attached hydrogens (tertiary/aromatic N) is 1. The number of piperazine rings is 1. The van der Waals surface area contributed by atoms with Crippen molar-refractivity contribution in [3.63, 3.8) is 0 Å². The van der Waals surface area contributed by atoms with Crippen molar-refractivity contribution in [3.8, 4) is 0 Å². The van der Waals surface area contributed by atoms with E-state index in [0.29, 0.717) is 11.5 Å². The Morgan fingerprint density at radius 3 is 2.78 bits per heavy atom. The van der Waals surface area contributed by atoms with E-state index in [4.69, 9.17) is 18.0 Å². The first-order chi connectivity index (χ1) is 8.58. The van der Waals surface area contributed by atoms with Gasteiger partial charge in [-0.15, -0.1) is 0 Å². The summed E-state index contributed by atoms with van der Waals surface area (Å²) in [6, 6.07) is 7.79. The van der Waals surface area contributed by atoms with Crippen molar-refractivity contribution in [1.29, 1.82) is 0 Å². The number of nitrogens with two attached hydrogens (primary N) is 1. The van der Waals surface area contributed by atoms with Crippen molar-refractivity contribution in [2.45, 2.75) is 19.5 Å². The van der Waals surface area contributed by atoms with Crippen LogP contribution in [0, 0.1) is 0 Å². The lowest BCUT2D eigenvalue weighted by molar-refractivity contribution is -0.128. The smallest absolute Gasteiger partial charge is 0.237 e. The molecule has 1 fully saturated rings. The monoisotopic (exact) mass is 263 g/mol. The minimum absolute atomic E-state index is 0.0750. The van der Waals surface area contributed by atoms with Crippen molar-refractivity contribution >= 4 is 23.1 Å². The van der Waals surface area contributed by atoms with Crippen LogP contribution in [0.4, 0.5) is 0 Å². The standard InChI is InChI=1S/C13H17N3OS/c1-9-13(17)15-6-7-16(9)8-10-2-4-11(5-3-10)12(14)18/h2-5,9H,6-8H2,1H3,(H2,14,18)(H,15,17). The molecule has 1 aromatic rings. The number of thiocarbonyl (C=S) groups is 1. The van der Waals surface area contributed by atoms with E-state index in [2.05, 4.69) is 10.2 Å². The molecule has 5 heteroatoms. The summed E-state index contributed by atoms with van der Waals surface area (Å²) < 4.78 is 0. The summed E-state index contributed by atoms with van der Waals surface area (Å²) in [5.41, 5.74) is 7.59. The normalized spacial score (nSPS) is 20.5. The molecule has 0 spiro atoms. The fourth-order valence-electron chi connectivity index (χ4n) is 2.05. The Bertz CT molecular complexity index is 458. The third kappa shape index (κ3) is 2.86. The van der Waals surface area contributed by atoms with Crippen LogP contribution in [0.5, 0.6) is 0 Å². The first-order valence-corrected chi connectivity index (χ1v) is 6.39. The van der Waals surface area contributed by atoms with Crippen LogP contribution in [0.1, 0.15) is 18.1 Å². The van der Waals surface area contributed by atoms with Crippen molar-refractivity contribution in [2.24, 2.45) is 5.73 Å². The second-order valence-corrected chi connectivity index (χ2v) is 4.94. The molecule has 96 valence electrons. The van der Waals surface area contributed by atoms with Crippen LogP contribution >= 0.6 is 12.2 Å². The highest BCUT2D eigenvalue weighted by molar-refractivity contribution is 7.80. The van der Waals surface area contributed by atoms with Gasteiger partial charge in [-0.25, -0.2) is 0 Å². The SMILES string of the molecule is CC1C(=O)NCCN1Cc1ccc(C(N)=S)cc1. The molecule has 0 radical (unpaired) electrons. The average molecular weight is 263 g/mol. The number of hydrogen-bond donors (Lipinski definition) is 2. The molecule has 2 rings (SSSR count). The molecule has 18 heavy (non-hydrogen) atoms. The van der Waals surface area contributed by atoms with Crippen LogP contribution in [0.25, 0.3) is 0 Å². The van der Waals surface area contributed by atoms with Gasteiger partial charge in [0.05, 0.1) is 6.04 Å². The van der Waals surface area contributed by atoms with E-state index >= 15 is 0 Å². The predicted molar refractivity (Wildman–Crippen MR) is 75.2 cm³/mol. The quantitative estimate of drug-likeness (QED) is 0.786. The minimum atomic E-state index is -0.0750. The predicted octanol–water partition coefficient (Wildman–Crippen LogP) is 0.641. The maximum absolute atomic E-state index is 11.6. The summed E-state index contributed by atoms with van der Waals surface area (Å²) in [5, 5.41) is 2.86. The molecule has 4 nitrogen and oxygen atoms in total. The zero-order valence-electron chi connectivity index (χ0n) is 10.3. The van der Waals surface area contributed by atoms with Crippen LogP contribution in [-0.4, -0.2) is 34.9 Å². The lowest BCUT2D eigenvalue weighted by atomic mass is 10.1. The summed E-state index contributed by atoms with van der Waals surface area (Å²) in [7, 11) is 0. The second-order valence-electron chi connectivity index (χ2n) is 4.50. The Hall–Kier alpha value is -1.46. The fraction of sp³-hybridized carbons (Fsp3) is 0.385. The van der Waals surface area contributed by atoms with Crippen molar-refractivity contribution in [2.75, 3.05) is 13.1 Å². The van der Waals surface area contributed by atoms with Crippen LogP contribution in [0.15, 0.2) is 24.3 Å². The molecule has 1 aliphatic rings. The third-order valence-electron chi connectivity index (χ3n) is 3.25. The number of benzene rings is 1. The molecule has 0 aromatic heterocycles. The van der Waals surface area contributed by atoms with Gasteiger partial charge < -0.3 is 11.1 Å². The second kappa shape index (κ2) is 5.46. The van der Waals surface area contributed by atoms with Gasteiger partial charge in [0.15, 0.2) is 0 Å². The van der Waals surface area contributed by atoms with Gasteiger partial charge in [0.1, 0.15) is 4.99 Å². The molecule has 1 aliphatic heterocycles. The Kier molecular flexibility index (Phi) is 3.93. The van der Waals surface area contributed by atoms with Gasteiger partial charge in [-0.05, 0) is 12.5 Å². The molecule has 1 atom stereocenters. The van der Waals surface area contributed by atoms with E-state index in [-0.39, 0.29) is 11.9 Å². The fourth-order valence-corrected chi connectivity index (χ4v) is 2.19. The third-order valence-corrected chi connectivity index (χ3v) is 3.49. The van der Waals surface area contributed by atoms with E-state index < -0.39 is 0 Å². The van der Waals surface area contributed by atoms with Crippen LogP contribution in [-0.2, 0) is 11.3 Å². The maximum Gasteiger partial charge on any atom is 0.237 e. The summed E-state index contributed by atoms with van der Waals surface area (Å²) in [6.45, 7) is 4.29. The van der Waals surface area contributed by atoms with Crippen LogP contribution in [0.3, 0.4) is 0 Å². The summed E-state index contributed by atoms with van der Waals surface area (Å²) in [4.78, 5) is 14.1. The van der Waals surface area contributed by atoms with Crippen molar-refractivity contribution < 1.29 is 4.79 Å². The molecule has 0 aliphatic carbocycles. The number of carbonyl (C=O) groups excluding carboxylic acids is 1. The Morgan fingerprint density at radius 1 is 1.50 bits per heavy atom. The van der Waals surface area contributed by atoms with Gasteiger partial charge in [0.2, 0.25) is 5.91 Å². The molecular formula is C13H17N3OS. The summed E-state index contributed by atoms with van der Waals surface area (Å²) >= 11 is 4.92. The van der Waals surface area contributed by atoms with Crippen molar-refractivity contribution in [1.82, 2.24) is 10.2 Å². The number of nitrogens with one attached hydrogen (secondary N) is 1. The molecule has 1 saturated heterocycles. The maximum atomic E-state index is 11.6. The summed E-state index contributed by atoms with van der Waals surface area (Å²) in [6.07, 6.45) is 0. The lowest BCUT2D eigenvalue weighted by Crippen LogP contribution is -2.53. The lowest BCUT2D eigenvalue weighted by Gasteiger charge is -2.32. The van der Waals surface area contributed by atoms with E-state index in [1.165, 1.54) is 0 Å². The zero-order valence-corrected chi connectivity index (χ0v) is 11.2. The van der Waals surface area contributed by atoms with E-state index in [1.807, 2.05) is 31.2 Å². The largest absolute Gasteiger partial charge is 0.389 e.